The summed E-state index contributed by atoms with van der Waals surface area (Å²) < 4.78 is 58.7. The molecule has 142 valence electrons. The maximum atomic E-state index is 13.6. The average Bonchev–Trinajstić information content (AvgIpc) is 3.03. The number of ether oxygens (including phenoxy) is 1. The summed E-state index contributed by atoms with van der Waals surface area (Å²) in [4.78, 5) is 0. The fourth-order valence-corrected chi connectivity index (χ4v) is 8.28. The molecule has 2 heterocycles. The Hall–Kier alpha value is -0.600. The van der Waals surface area contributed by atoms with E-state index < -0.39 is 26.5 Å². The Balaban J connectivity index is 2.36. The van der Waals surface area contributed by atoms with Gasteiger partial charge in [-0.2, -0.15) is 0 Å². The van der Waals surface area contributed by atoms with Crippen LogP contribution in [0.3, 0.4) is 0 Å². The molecule has 2 aliphatic heterocycles. The fourth-order valence-electron chi connectivity index (χ4n) is 3.32. The van der Waals surface area contributed by atoms with Gasteiger partial charge in [0.1, 0.15) is 0 Å². The number of benzene rings is 1. The Morgan fingerprint density at radius 3 is 2.04 bits per heavy atom. The van der Waals surface area contributed by atoms with E-state index in [2.05, 4.69) is 0 Å². The normalized spacial score (nSPS) is 33.8. The van der Waals surface area contributed by atoms with E-state index in [0.29, 0.717) is 11.3 Å². The molecular weight excluding hydrogens is 374 g/mol. The van der Waals surface area contributed by atoms with Gasteiger partial charge in [0.25, 0.3) is 0 Å². The summed E-state index contributed by atoms with van der Waals surface area (Å²) in [6.45, 7) is 1.54. The second-order valence-corrected chi connectivity index (χ2v) is 10.8. The first-order valence-corrected chi connectivity index (χ1v) is 10.7. The SMILES string of the molecule is COP(=O)(OC)C12OP(OC)(OC)(OC)OC1(C)Oc1ccccc12. The van der Waals surface area contributed by atoms with Crippen molar-refractivity contribution in [1.29, 1.82) is 0 Å². The Morgan fingerprint density at radius 1 is 0.960 bits per heavy atom. The summed E-state index contributed by atoms with van der Waals surface area (Å²) >= 11 is 0. The Kier molecular flexibility index (Phi) is 4.37. The van der Waals surface area contributed by atoms with Crippen LogP contribution in [0.1, 0.15) is 12.5 Å². The van der Waals surface area contributed by atoms with Crippen molar-refractivity contribution in [3.63, 3.8) is 0 Å². The first kappa shape index (κ1) is 19.2. The molecule has 11 heteroatoms. The molecule has 9 nitrogen and oxygen atoms in total. The third kappa shape index (κ3) is 2.10. The second kappa shape index (κ2) is 5.70. The van der Waals surface area contributed by atoms with Crippen LogP contribution in [0.15, 0.2) is 24.3 Å². The number of hydrogen-bond donors (Lipinski definition) is 0. The van der Waals surface area contributed by atoms with Crippen molar-refractivity contribution in [2.75, 3.05) is 35.5 Å². The van der Waals surface area contributed by atoms with E-state index in [-0.39, 0.29) is 0 Å². The molecular formula is C14H22O9P2. The van der Waals surface area contributed by atoms with Gasteiger partial charge in [-0.3, -0.25) is 0 Å². The van der Waals surface area contributed by atoms with Crippen LogP contribution in [-0.2, 0) is 41.6 Å². The van der Waals surface area contributed by atoms with Gasteiger partial charge in [0.2, 0.25) is 0 Å². The molecule has 0 radical (unpaired) electrons. The number of fused-ring (bicyclic) bond motifs is 3. The molecule has 0 spiro atoms. The van der Waals surface area contributed by atoms with Gasteiger partial charge < -0.3 is 0 Å². The molecule has 0 bridgehead atoms. The van der Waals surface area contributed by atoms with E-state index in [1.165, 1.54) is 35.5 Å². The standard InChI is InChI=1S/C14H22O9P2/c1-13-14(24(15,16-2)17-3,11-9-7-8-10-12(11)21-13)23-25(18-4,19-5,20-6)22-13/h7-10H,1-6H3. The van der Waals surface area contributed by atoms with Crippen molar-refractivity contribution in [3.8, 4) is 5.75 Å². The van der Waals surface area contributed by atoms with Crippen LogP contribution in [0.5, 0.6) is 5.75 Å². The van der Waals surface area contributed by atoms with E-state index in [1.807, 2.05) is 0 Å². The van der Waals surface area contributed by atoms with Crippen molar-refractivity contribution < 1.29 is 41.0 Å². The fraction of sp³-hybridized carbons (Fsp3) is 0.571. The van der Waals surface area contributed by atoms with Gasteiger partial charge in [0.05, 0.1) is 0 Å². The zero-order valence-electron chi connectivity index (χ0n) is 14.9. The Morgan fingerprint density at radius 2 is 1.52 bits per heavy atom. The van der Waals surface area contributed by atoms with Crippen LogP contribution >= 0.6 is 15.3 Å². The van der Waals surface area contributed by atoms with Crippen LogP contribution in [0.25, 0.3) is 0 Å². The minimum atomic E-state index is -4.60. The van der Waals surface area contributed by atoms with Gasteiger partial charge in [-0.15, -0.1) is 0 Å². The predicted octanol–water partition coefficient (Wildman–Crippen LogP) is 3.55. The van der Waals surface area contributed by atoms with Crippen LogP contribution in [0.2, 0.25) is 0 Å². The molecule has 0 N–H and O–H groups in total. The summed E-state index contributed by atoms with van der Waals surface area (Å²) in [7, 11) is -2.18. The molecule has 25 heavy (non-hydrogen) atoms. The zero-order chi connectivity index (χ0) is 18.6. The minimum absolute atomic E-state index is 0.416. The molecule has 1 aromatic rings. The average molecular weight is 396 g/mol. The molecule has 1 aromatic carbocycles. The molecule has 2 unspecified atom stereocenters. The predicted molar refractivity (Wildman–Crippen MR) is 88.9 cm³/mol. The van der Waals surface area contributed by atoms with Crippen molar-refractivity contribution >= 4 is 15.3 Å². The molecule has 0 aliphatic carbocycles. The van der Waals surface area contributed by atoms with Gasteiger partial charge in [0, 0.05) is 0 Å². The van der Waals surface area contributed by atoms with Gasteiger partial charge in [-0.1, -0.05) is 0 Å². The van der Waals surface area contributed by atoms with Crippen molar-refractivity contribution in [2.24, 2.45) is 0 Å². The summed E-state index contributed by atoms with van der Waals surface area (Å²) in [6.07, 6.45) is 0. The van der Waals surface area contributed by atoms with E-state index in [4.69, 9.17) is 36.4 Å². The van der Waals surface area contributed by atoms with Crippen molar-refractivity contribution in [3.05, 3.63) is 29.8 Å². The molecule has 3 rings (SSSR count). The molecule has 2 aliphatic rings. The summed E-state index contributed by atoms with van der Waals surface area (Å²) in [5.74, 6) is -1.24. The second-order valence-electron chi connectivity index (χ2n) is 5.53. The Labute approximate surface area is 146 Å². The molecule has 0 amide bonds. The maximum absolute atomic E-state index is 13.6. The van der Waals surface area contributed by atoms with E-state index in [0.717, 1.165) is 0 Å². The summed E-state index contributed by atoms with van der Waals surface area (Å²) in [5.41, 5.74) is 0.419. The molecule has 2 atom stereocenters. The third-order valence-electron chi connectivity index (χ3n) is 4.54. The van der Waals surface area contributed by atoms with Gasteiger partial charge in [0.15, 0.2) is 0 Å². The van der Waals surface area contributed by atoms with E-state index >= 15 is 0 Å². The number of rotatable bonds is 6. The van der Waals surface area contributed by atoms with E-state index in [9.17, 15) is 4.57 Å². The van der Waals surface area contributed by atoms with Crippen LogP contribution in [0.4, 0.5) is 0 Å². The molecule has 1 fully saturated rings. The van der Waals surface area contributed by atoms with Crippen LogP contribution in [-0.4, -0.2) is 41.3 Å². The van der Waals surface area contributed by atoms with Gasteiger partial charge in [-0.25, -0.2) is 0 Å². The molecule has 0 aromatic heterocycles. The first-order chi connectivity index (χ1) is 11.7. The summed E-state index contributed by atoms with van der Waals surface area (Å²) in [6, 6.07) is 6.90. The molecule has 1 saturated heterocycles. The first-order valence-electron chi connectivity index (χ1n) is 7.37. The third-order valence-corrected chi connectivity index (χ3v) is 10.2. The van der Waals surface area contributed by atoms with Crippen LogP contribution in [0, 0.1) is 0 Å². The topological polar surface area (TPSA) is 90.9 Å². The van der Waals surface area contributed by atoms with Crippen molar-refractivity contribution in [2.45, 2.75) is 18.1 Å². The molecule has 0 saturated carbocycles. The monoisotopic (exact) mass is 396 g/mol. The number of hydrogen-bond acceptors (Lipinski definition) is 9. The van der Waals surface area contributed by atoms with Gasteiger partial charge in [-0.05, 0) is 0 Å². The van der Waals surface area contributed by atoms with Crippen molar-refractivity contribution in [1.82, 2.24) is 0 Å². The van der Waals surface area contributed by atoms with E-state index in [1.54, 1.807) is 31.2 Å². The summed E-state index contributed by atoms with van der Waals surface area (Å²) in [5, 5.41) is -1.82. The zero-order valence-corrected chi connectivity index (χ0v) is 16.7. The van der Waals surface area contributed by atoms with Crippen LogP contribution < -0.4 is 4.74 Å². The quantitative estimate of drug-likeness (QED) is 0.670. The number of para-hydroxylation sites is 1. The van der Waals surface area contributed by atoms with Gasteiger partial charge >= 0.3 is 145 Å². The Bertz CT molecular complexity index is 718.